The molecule has 0 spiro atoms. The second kappa shape index (κ2) is 17.5. The van der Waals surface area contributed by atoms with Crippen LogP contribution in [0.25, 0.3) is 5.69 Å². The predicted octanol–water partition coefficient (Wildman–Crippen LogP) is 6.05. The summed E-state index contributed by atoms with van der Waals surface area (Å²) in [6.45, 7) is 7.94. The molecule has 1 aromatic heterocycles. The van der Waals surface area contributed by atoms with E-state index in [1.54, 1.807) is 69.3 Å². The summed E-state index contributed by atoms with van der Waals surface area (Å²) in [6, 6.07) is 21.3. The van der Waals surface area contributed by atoms with Crippen LogP contribution in [0.5, 0.6) is 11.8 Å². The number of carbonyl (C=O) groups excluding carboxylic acids is 8. The number of azo groups is 1. The van der Waals surface area contributed by atoms with Crippen LogP contribution in [-0.2, 0) is 23.9 Å². The van der Waals surface area contributed by atoms with E-state index < -0.39 is 17.6 Å². The first-order valence-corrected chi connectivity index (χ1v) is 16.6. The minimum absolute atomic E-state index is 0.0521. The Balaban J connectivity index is 0.000000192. The molecule has 0 saturated carbocycles. The average molecular weight is 762 g/mol. The van der Waals surface area contributed by atoms with Crippen molar-refractivity contribution in [3.05, 3.63) is 126 Å². The van der Waals surface area contributed by atoms with Crippen LogP contribution in [0.4, 0.5) is 16.2 Å². The summed E-state index contributed by atoms with van der Waals surface area (Å²) in [5, 5.41) is 25.8. The minimum atomic E-state index is -0.949. The number of hydrogen-bond donors (Lipinski definition) is 2. The highest BCUT2D eigenvalue weighted by Crippen LogP contribution is 2.27. The molecule has 3 aromatic carbocycles. The second-order valence-corrected chi connectivity index (χ2v) is 12.8. The summed E-state index contributed by atoms with van der Waals surface area (Å²) >= 11 is 0. The Bertz CT molecular complexity index is 2140. The number of imide groups is 2. The lowest BCUT2D eigenvalue weighted by atomic mass is 10.1. The number of ketones is 2. The maximum atomic E-state index is 11.9. The van der Waals surface area contributed by atoms with E-state index in [9.17, 15) is 48.6 Å². The maximum absolute atomic E-state index is 11.9. The number of carbonyl (C=O) groups is 8. The maximum Gasteiger partial charge on any atom is 0.453 e. The van der Waals surface area contributed by atoms with Crippen LogP contribution in [0.1, 0.15) is 65.7 Å². The molecule has 0 radical (unpaired) electrons. The number of ether oxygens (including phenoxy) is 1. The van der Waals surface area contributed by atoms with E-state index in [-0.39, 0.29) is 52.5 Å². The molecule has 16 nitrogen and oxygen atoms in total. The lowest BCUT2D eigenvalue weighted by Gasteiger charge is -2.16. The van der Waals surface area contributed by atoms with Gasteiger partial charge >= 0.3 is 6.09 Å². The van der Waals surface area contributed by atoms with Gasteiger partial charge in [-0.15, -0.1) is 0 Å². The van der Waals surface area contributed by atoms with Crippen LogP contribution in [0.15, 0.2) is 119 Å². The topological polar surface area (TPSA) is 222 Å². The van der Waals surface area contributed by atoms with Crippen molar-refractivity contribution in [1.29, 1.82) is 0 Å². The molecule has 0 bridgehead atoms. The predicted molar refractivity (Wildman–Crippen MR) is 201 cm³/mol. The van der Waals surface area contributed by atoms with Crippen molar-refractivity contribution in [3.63, 3.8) is 0 Å². The third-order valence-electron chi connectivity index (χ3n) is 7.51. The van der Waals surface area contributed by atoms with Gasteiger partial charge in [0, 0.05) is 53.1 Å². The van der Waals surface area contributed by atoms with Crippen LogP contribution in [0.3, 0.4) is 0 Å². The van der Waals surface area contributed by atoms with Crippen molar-refractivity contribution in [2.45, 2.75) is 40.2 Å². The molecule has 4 aromatic rings. The highest BCUT2D eigenvalue weighted by molar-refractivity contribution is 6.28. The Kier molecular flexibility index (Phi) is 12.8. The molecule has 6 amide bonds. The Labute approximate surface area is 319 Å². The molecule has 2 aliphatic heterocycles. The van der Waals surface area contributed by atoms with Gasteiger partial charge < -0.3 is 14.9 Å². The van der Waals surface area contributed by atoms with E-state index in [0.29, 0.717) is 28.2 Å². The molecule has 6 rings (SSSR count). The first kappa shape index (κ1) is 41.1. The standard InChI is InChI=1S/C16H17N3O5.2C12H9NO3/c1-16(2,3)24-15(23)18-17-14(22)10-4-6-11(7-5-10)19-12(20)8-9-13(19)21;2*1-8(14)9-2-4-10(5-3-9)13-11(15)6-7-12(13)16/h4-9,20-21H,1-3H3;2*2-7H,1H3. The Morgan fingerprint density at radius 3 is 1.20 bits per heavy atom. The Morgan fingerprint density at radius 2 is 0.857 bits per heavy atom. The fourth-order valence-electron chi connectivity index (χ4n) is 4.86. The third-order valence-corrected chi connectivity index (χ3v) is 7.51. The molecular weight excluding hydrogens is 726 g/mol. The van der Waals surface area contributed by atoms with Crippen molar-refractivity contribution in [1.82, 2.24) is 4.57 Å². The fraction of sp³-hybridized carbons (Fsp3) is 0.150. The van der Waals surface area contributed by atoms with E-state index in [2.05, 4.69) is 10.2 Å². The van der Waals surface area contributed by atoms with Crippen LogP contribution in [0, 0.1) is 0 Å². The van der Waals surface area contributed by atoms with Gasteiger partial charge in [-0.1, -0.05) is 10.2 Å². The highest BCUT2D eigenvalue weighted by atomic mass is 16.6. The lowest BCUT2D eigenvalue weighted by Crippen LogP contribution is -2.29. The number of benzene rings is 3. The molecule has 286 valence electrons. The summed E-state index contributed by atoms with van der Waals surface area (Å²) in [4.78, 5) is 92.9. The smallest absolute Gasteiger partial charge is 0.453 e. The number of aromatic hydroxyl groups is 2. The monoisotopic (exact) mass is 761 g/mol. The lowest BCUT2D eigenvalue weighted by molar-refractivity contribution is -0.121. The molecule has 3 heterocycles. The Morgan fingerprint density at radius 1 is 0.518 bits per heavy atom. The van der Waals surface area contributed by atoms with Crippen molar-refractivity contribution in [2.24, 2.45) is 10.2 Å². The Hall–Kier alpha value is -7.62. The molecule has 0 aliphatic carbocycles. The van der Waals surface area contributed by atoms with Gasteiger partial charge in [-0.25, -0.2) is 14.6 Å². The number of aromatic nitrogens is 1. The zero-order valence-corrected chi connectivity index (χ0v) is 30.7. The molecule has 56 heavy (non-hydrogen) atoms. The van der Waals surface area contributed by atoms with Gasteiger partial charge in [0.05, 0.1) is 17.1 Å². The van der Waals surface area contributed by atoms with Crippen molar-refractivity contribution < 1.29 is 53.3 Å². The zero-order chi connectivity index (χ0) is 41.3. The second-order valence-electron chi connectivity index (χ2n) is 12.8. The fourth-order valence-corrected chi connectivity index (χ4v) is 4.86. The molecule has 0 saturated heterocycles. The summed E-state index contributed by atoms with van der Waals surface area (Å²) in [6.07, 6.45) is 3.94. The number of Topliss-reactive ketones (excluding diaryl/α,β-unsaturated/α-hetero) is 2. The number of anilines is 2. The molecular formula is C40H35N5O11. The first-order chi connectivity index (χ1) is 26.4. The van der Waals surface area contributed by atoms with E-state index in [4.69, 9.17) is 4.74 Å². The van der Waals surface area contributed by atoms with Gasteiger partial charge in [-0.05, 0) is 107 Å². The summed E-state index contributed by atoms with van der Waals surface area (Å²) in [7, 11) is 0. The molecule has 2 N–H and O–H groups in total. The van der Waals surface area contributed by atoms with E-state index in [1.807, 2.05) is 0 Å². The number of amides is 6. The van der Waals surface area contributed by atoms with E-state index in [1.165, 1.54) is 79.1 Å². The molecule has 2 aliphatic rings. The SMILES string of the molecule is CC(=O)c1ccc(N2C(=O)C=CC2=O)cc1.CC(=O)c1ccc(N2C(=O)C=CC2=O)cc1.CC(C)(C)OC(=O)N=NC(=O)c1ccc(-n2c(O)ccc2O)cc1. The van der Waals surface area contributed by atoms with Crippen molar-refractivity contribution in [2.75, 3.05) is 9.80 Å². The van der Waals surface area contributed by atoms with Crippen molar-refractivity contribution >= 4 is 58.6 Å². The van der Waals surface area contributed by atoms with Crippen LogP contribution in [0.2, 0.25) is 0 Å². The summed E-state index contributed by atoms with van der Waals surface area (Å²) in [5.41, 5.74) is 1.98. The van der Waals surface area contributed by atoms with Gasteiger partial charge in [-0.3, -0.25) is 38.1 Å². The van der Waals surface area contributed by atoms with Crippen LogP contribution >= 0.6 is 0 Å². The molecule has 16 heteroatoms. The summed E-state index contributed by atoms with van der Waals surface area (Å²) < 4.78 is 6.10. The minimum Gasteiger partial charge on any atom is -0.494 e. The molecule has 0 fully saturated rings. The number of rotatable bonds is 6. The van der Waals surface area contributed by atoms with Gasteiger partial charge in [0.2, 0.25) is 0 Å². The van der Waals surface area contributed by atoms with Gasteiger partial charge in [0.25, 0.3) is 29.5 Å². The zero-order valence-electron chi connectivity index (χ0n) is 30.7. The summed E-state index contributed by atoms with van der Waals surface area (Å²) in [5.74, 6) is -2.55. The normalized spacial score (nSPS) is 13.4. The number of hydrogen-bond acceptors (Lipinski definition) is 11. The first-order valence-electron chi connectivity index (χ1n) is 16.6. The highest BCUT2D eigenvalue weighted by Gasteiger charge is 2.26. The van der Waals surface area contributed by atoms with Gasteiger partial charge in [-0.2, -0.15) is 0 Å². The van der Waals surface area contributed by atoms with Gasteiger partial charge in [0.15, 0.2) is 23.3 Å². The average Bonchev–Trinajstić information content (AvgIpc) is 3.80. The molecule has 0 unspecified atom stereocenters. The third kappa shape index (κ3) is 10.5. The van der Waals surface area contributed by atoms with E-state index in [0.717, 1.165) is 9.80 Å². The number of nitrogens with zero attached hydrogens (tertiary/aromatic N) is 5. The molecule has 0 atom stereocenters. The van der Waals surface area contributed by atoms with Crippen LogP contribution < -0.4 is 9.80 Å². The van der Waals surface area contributed by atoms with Crippen molar-refractivity contribution in [3.8, 4) is 17.4 Å². The van der Waals surface area contributed by atoms with E-state index >= 15 is 0 Å². The van der Waals surface area contributed by atoms with Crippen LogP contribution in [-0.4, -0.2) is 67.6 Å². The largest absolute Gasteiger partial charge is 0.494 e. The quantitative estimate of drug-likeness (QED) is 0.131. The van der Waals surface area contributed by atoms with Gasteiger partial charge in [0.1, 0.15) is 5.60 Å².